The number of rotatable bonds is 12. The van der Waals surface area contributed by atoms with E-state index in [1.807, 2.05) is 0 Å². The minimum absolute atomic E-state index is 0.0268. The van der Waals surface area contributed by atoms with Crippen LogP contribution in [0.25, 0.3) is 11.4 Å². The van der Waals surface area contributed by atoms with Crippen molar-refractivity contribution in [1.82, 2.24) is 20.0 Å². The number of hydrogen-bond donors (Lipinski definition) is 2. The molecule has 0 aliphatic heterocycles. The van der Waals surface area contributed by atoms with E-state index in [4.69, 9.17) is 0 Å². The highest BCUT2D eigenvalue weighted by Gasteiger charge is 2.34. The van der Waals surface area contributed by atoms with Gasteiger partial charge in [-0.1, -0.05) is 84.9 Å². The number of sulfonamides is 2. The van der Waals surface area contributed by atoms with Gasteiger partial charge < -0.3 is 19.3 Å². The summed E-state index contributed by atoms with van der Waals surface area (Å²) >= 11 is 0. The third-order valence-corrected chi connectivity index (χ3v) is 9.79. The smallest absolute Gasteiger partial charge is 0.368 e. The summed E-state index contributed by atoms with van der Waals surface area (Å²) in [6, 6.07) is 31.0. The normalized spacial score (nSPS) is 11.9. The predicted molar refractivity (Wildman–Crippen MR) is 159 cm³/mol. The molecule has 14 nitrogen and oxygen atoms in total. The van der Waals surface area contributed by atoms with Gasteiger partial charge in [-0.25, -0.2) is 26.3 Å². The second kappa shape index (κ2) is 13.1. The van der Waals surface area contributed by atoms with Gasteiger partial charge in [-0.15, -0.1) is 0 Å². The van der Waals surface area contributed by atoms with Crippen LogP contribution in [0, 0.1) is 0 Å². The maximum absolute atomic E-state index is 13.0. The predicted octanol–water partition coefficient (Wildman–Crippen LogP) is 0.911. The Morgan fingerprint density at radius 1 is 0.532 bits per heavy atom. The van der Waals surface area contributed by atoms with Gasteiger partial charge in [0.05, 0.1) is 10.5 Å². The monoisotopic (exact) mass is 674 g/mol. The lowest BCUT2D eigenvalue weighted by atomic mass is 10.0. The molecule has 0 radical (unpaired) electrons. The zero-order valence-electron chi connectivity index (χ0n) is 24.4. The summed E-state index contributed by atoms with van der Waals surface area (Å²) in [6.45, 7) is -0.0536. The van der Waals surface area contributed by atoms with Gasteiger partial charge in [-0.05, 0) is 38.0 Å². The second-order valence-electron chi connectivity index (χ2n) is 10.3. The van der Waals surface area contributed by atoms with E-state index in [0.29, 0.717) is 28.9 Å². The SMILES string of the molecule is O=S(=O)(NCc1ccccc1)c1c([O-])on[n+]1-c1ccc(Cc2ccc(-[n+]3noc([O-])c3S(=O)(=O)NCc3ccccc3)cc2)cc1. The lowest BCUT2D eigenvalue weighted by Gasteiger charge is -2.05. The van der Waals surface area contributed by atoms with Crippen LogP contribution in [0.5, 0.6) is 11.9 Å². The first-order valence-corrected chi connectivity index (χ1v) is 17.0. The van der Waals surface area contributed by atoms with E-state index < -0.39 is 42.0 Å². The molecule has 0 spiro atoms. The zero-order valence-corrected chi connectivity index (χ0v) is 26.0. The van der Waals surface area contributed by atoms with Crippen LogP contribution >= 0.6 is 0 Å². The highest BCUT2D eigenvalue weighted by molar-refractivity contribution is 7.89. The van der Waals surface area contributed by atoms with Gasteiger partial charge in [0, 0.05) is 37.4 Å². The topological polar surface area (TPSA) is 198 Å². The van der Waals surface area contributed by atoms with Crippen molar-refractivity contribution < 1.29 is 45.5 Å². The Hall–Kier alpha value is -5.42. The molecular weight excluding hydrogens is 649 g/mol. The van der Waals surface area contributed by atoms with Crippen LogP contribution in [0.4, 0.5) is 0 Å². The number of nitrogens with one attached hydrogen (secondary N) is 2. The molecule has 0 saturated heterocycles. The number of hydrogen-bond acceptors (Lipinski definition) is 10. The van der Waals surface area contributed by atoms with E-state index in [9.17, 15) is 27.0 Å². The molecule has 2 aromatic heterocycles. The molecule has 2 heterocycles. The third kappa shape index (κ3) is 7.05. The van der Waals surface area contributed by atoms with E-state index in [1.165, 1.54) is 0 Å². The van der Waals surface area contributed by atoms with Gasteiger partial charge in [0.25, 0.3) is 0 Å². The van der Waals surface area contributed by atoms with Crippen LogP contribution in [0.15, 0.2) is 128 Å². The summed E-state index contributed by atoms with van der Waals surface area (Å²) < 4.78 is 68.0. The lowest BCUT2D eigenvalue weighted by molar-refractivity contribution is -0.706. The van der Waals surface area contributed by atoms with Crippen LogP contribution in [-0.4, -0.2) is 27.4 Å². The molecule has 4 aromatic carbocycles. The van der Waals surface area contributed by atoms with Crippen molar-refractivity contribution in [3.8, 4) is 23.3 Å². The van der Waals surface area contributed by atoms with Gasteiger partial charge in [-0.2, -0.15) is 0 Å². The Labute approximate surface area is 269 Å². The van der Waals surface area contributed by atoms with E-state index in [1.54, 1.807) is 109 Å². The molecule has 6 aromatic rings. The fourth-order valence-electron chi connectivity index (χ4n) is 4.69. The quantitative estimate of drug-likeness (QED) is 0.176. The summed E-state index contributed by atoms with van der Waals surface area (Å²) in [5, 5.41) is 30.7. The van der Waals surface area contributed by atoms with Gasteiger partial charge >= 0.3 is 30.1 Å². The molecule has 240 valence electrons. The second-order valence-corrected chi connectivity index (χ2v) is 13.6. The van der Waals surface area contributed by atoms with Gasteiger partial charge in [0.2, 0.25) is 11.4 Å². The van der Waals surface area contributed by atoms with Crippen molar-refractivity contribution in [1.29, 1.82) is 0 Å². The molecule has 0 bridgehead atoms. The minimum Gasteiger partial charge on any atom is -0.538 e. The average Bonchev–Trinajstić information content (AvgIpc) is 3.68. The first-order valence-electron chi connectivity index (χ1n) is 14.0. The largest absolute Gasteiger partial charge is 0.538 e. The van der Waals surface area contributed by atoms with Gasteiger partial charge in [-0.3, -0.25) is 0 Å². The Kier molecular flexibility index (Phi) is 8.82. The molecule has 16 heteroatoms. The molecule has 6 rings (SSSR count). The first kappa shape index (κ1) is 31.6. The van der Waals surface area contributed by atoms with Crippen molar-refractivity contribution in [2.24, 2.45) is 0 Å². The molecule has 0 amide bonds. The fourth-order valence-corrected chi connectivity index (χ4v) is 6.92. The minimum atomic E-state index is -4.27. The highest BCUT2D eigenvalue weighted by Crippen LogP contribution is 2.20. The molecule has 0 atom stereocenters. The van der Waals surface area contributed by atoms with E-state index in [-0.39, 0.29) is 13.1 Å². The molecule has 0 aliphatic rings. The molecule has 2 N–H and O–H groups in total. The third-order valence-electron chi connectivity index (χ3n) is 7.04. The fraction of sp³-hybridized carbons (Fsp3) is 0.0968. The Morgan fingerprint density at radius 2 is 0.894 bits per heavy atom. The summed E-state index contributed by atoms with van der Waals surface area (Å²) in [5.74, 6) is -2.21. The first-order chi connectivity index (χ1) is 22.6. The summed E-state index contributed by atoms with van der Waals surface area (Å²) in [4.78, 5) is 0. The summed E-state index contributed by atoms with van der Waals surface area (Å²) in [5.41, 5.74) is 3.67. The van der Waals surface area contributed by atoms with Crippen LogP contribution < -0.4 is 29.0 Å². The number of nitrogens with zero attached hydrogens (tertiary/aromatic N) is 4. The lowest BCUT2D eigenvalue weighted by Crippen LogP contribution is -2.41. The molecular formula is C31H26N6O8S2. The number of aromatic nitrogens is 4. The maximum Gasteiger partial charge on any atom is 0.368 e. The van der Waals surface area contributed by atoms with Crippen LogP contribution in [0.3, 0.4) is 0 Å². The zero-order chi connectivity index (χ0) is 33.0. The summed E-state index contributed by atoms with van der Waals surface area (Å²) in [6.07, 6.45) is 0.445. The molecule has 0 saturated carbocycles. The van der Waals surface area contributed by atoms with E-state index in [0.717, 1.165) is 20.5 Å². The van der Waals surface area contributed by atoms with Crippen molar-refractivity contribution in [3.63, 3.8) is 0 Å². The van der Waals surface area contributed by atoms with Crippen LogP contribution in [0.2, 0.25) is 0 Å². The maximum atomic E-state index is 13.0. The van der Waals surface area contributed by atoms with E-state index in [2.05, 4.69) is 29.0 Å². The Bertz CT molecular complexity index is 2050. The standard InChI is InChI=1S/C31H26N6O8S2/c38-30-28(46(40,41)32-20-24-7-3-1-4-8-24)36(34-44-30)26-15-11-22(12-16-26)19-23-13-17-27(18-14-23)37-29(31(39)45-35-37)47(42,43)33-21-25-9-5-2-6-10-25/h1-18,32-33H,19-21H2. The molecule has 0 unspecified atom stereocenters. The van der Waals surface area contributed by atoms with Crippen LogP contribution in [0.1, 0.15) is 22.3 Å². The Balaban J connectivity index is 1.15. The average molecular weight is 675 g/mol. The molecule has 47 heavy (non-hydrogen) atoms. The van der Waals surface area contributed by atoms with Gasteiger partial charge in [0.1, 0.15) is 0 Å². The van der Waals surface area contributed by atoms with E-state index >= 15 is 0 Å². The van der Waals surface area contributed by atoms with Crippen molar-refractivity contribution in [3.05, 3.63) is 131 Å². The van der Waals surface area contributed by atoms with Crippen molar-refractivity contribution in [2.75, 3.05) is 0 Å². The van der Waals surface area contributed by atoms with Gasteiger partial charge in [0.15, 0.2) is 11.9 Å². The summed E-state index contributed by atoms with van der Waals surface area (Å²) in [7, 11) is -8.54. The molecule has 0 fully saturated rings. The Morgan fingerprint density at radius 3 is 1.26 bits per heavy atom. The van der Waals surface area contributed by atoms with Crippen LogP contribution in [-0.2, 0) is 39.6 Å². The highest BCUT2D eigenvalue weighted by atomic mass is 32.2. The molecule has 0 aliphatic carbocycles. The number of benzene rings is 4. The van der Waals surface area contributed by atoms with Crippen molar-refractivity contribution in [2.45, 2.75) is 29.6 Å². The van der Waals surface area contributed by atoms with Crippen molar-refractivity contribution >= 4 is 20.0 Å².